The van der Waals surface area contributed by atoms with E-state index < -0.39 is 0 Å². The second-order valence-corrected chi connectivity index (χ2v) is 6.00. The van der Waals surface area contributed by atoms with Gasteiger partial charge in [0.1, 0.15) is 12.4 Å². The van der Waals surface area contributed by atoms with Crippen molar-refractivity contribution in [3.05, 3.63) is 60.2 Å². The van der Waals surface area contributed by atoms with E-state index in [4.69, 9.17) is 10.5 Å². The van der Waals surface area contributed by atoms with Crippen LogP contribution in [0, 0.1) is 0 Å². The number of benzene rings is 2. The van der Waals surface area contributed by atoms with Gasteiger partial charge in [0, 0.05) is 24.2 Å². The van der Waals surface area contributed by atoms with Gasteiger partial charge >= 0.3 is 0 Å². The summed E-state index contributed by atoms with van der Waals surface area (Å²) in [5.41, 5.74) is 6.73. The number of hydrogen-bond donors (Lipinski definition) is 2. The van der Waals surface area contributed by atoms with Crippen LogP contribution in [-0.4, -0.2) is 42.5 Å². The maximum absolute atomic E-state index is 12.2. The standard InChI is InChI=1S/C19H21N3O3.ClH/c20-15-6-4-5-14(11-15)19(24)21-16-12-18(23)22(13-16)9-10-25-17-7-2-1-3-8-17;/h1-8,11,16H,9-10,12-13,20H2,(H,21,24);1H. The first-order chi connectivity index (χ1) is 12.1. The van der Waals surface area contributed by atoms with E-state index in [2.05, 4.69) is 5.32 Å². The van der Waals surface area contributed by atoms with Crippen LogP contribution in [0.3, 0.4) is 0 Å². The third-order valence-corrected chi connectivity index (χ3v) is 4.07. The molecule has 1 atom stereocenters. The number of halogens is 1. The molecule has 1 fully saturated rings. The van der Waals surface area contributed by atoms with Crippen LogP contribution in [0.2, 0.25) is 0 Å². The third kappa shape index (κ3) is 5.13. The number of rotatable bonds is 6. The van der Waals surface area contributed by atoms with Crippen molar-refractivity contribution < 1.29 is 14.3 Å². The first-order valence-electron chi connectivity index (χ1n) is 8.24. The van der Waals surface area contributed by atoms with Crippen LogP contribution in [0.15, 0.2) is 54.6 Å². The molecule has 1 aliphatic heterocycles. The summed E-state index contributed by atoms with van der Waals surface area (Å²) in [6, 6.07) is 16.1. The van der Waals surface area contributed by atoms with E-state index in [0.29, 0.717) is 37.4 Å². The number of anilines is 1. The maximum atomic E-state index is 12.2. The van der Waals surface area contributed by atoms with Gasteiger partial charge < -0.3 is 20.7 Å². The van der Waals surface area contributed by atoms with Crippen molar-refractivity contribution in [2.45, 2.75) is 12.5 Å². The van der Waals surface area contributed by atoms with Gasteiger partial charge in [-0.15, -0.1) is 12.4 Å². The highest BCUT2D eigenvalue weighted by atomic mass is 35.5. The van der Waals surface area contributed by atoms with E-state index in [9.17, 15) is 9.59 Å². The summed E-state index contributed by atoms with van der Waals surface area (Å²) >= 11 is 0. The highest BCUT2D eigenvalue weighted by molar-refractivity contribution is 5.95. The predicted molar refractivity (Wildman–Crippen MR) is 102 cm³/mol. The lowest BCUT2D eigenvalue weighted by atomic mass is 10.1. The Balaban J connectivity index is 0.00000243. The molecule has 0 radical (unpaired) electrons. The molecule has 2 aromatic carbocycles. The lowest BCUT2D eigenvalue weighted by molar-refractivity contribution is -0.128. The monoisotopic (exact) mass is 375 g/mol. The zero-order valence-electron chi connectivity index (χ0n) is 14.3. The summed E-state index contributed by atoms with van der Waals surface area (Å²) in [6.07, 6.45) is 0.305. The SMILES string of the molecule is Cl.Nc1cccc(C(=O)NC2CC(=O)N(CCOc3ccccc3)C2)c1. The molecule has 1 unspecified atom stereocenters. The van der Waals surface area contributed by atoms with Crippen LogP contribution >= 0.6 is 12.4 Å². The van der Waals surface area contributed by atoms with Crippen molar-refractivity contribution in [1.82, 2.24) is 10.2 Å². The molecular formula is C19H22ClN3O3. The Morgan fingerprint density at radius 3 is 2.69 bits per heavy atom. The van der Waals surface area contributed by atoms with Gasteiger partial charge in [0.15, 0.2) is 0 Å². The van der Waals surface area contributed by atoms with Crippen LogP contribution in [-0.2, 0) is 4.79 Å². The van der Waals surface area contributed by atoms with Gasteiger partial charge in [-0.2, -0.15) is 0 Å². The number of likely N-dealkylation sites (tertiary alicyclic amines) is 1. The average molecular weight is 376 g/mol. The number of nitrogens with one attached hydrogen (secondary N) is 1. The highest BCUT2D eigenvalue weighted by Crippen LogP contribution is 2.14. The zero-order valence-corrected chi connectivity index (χ0v) is 15.1. The molecular weight excluding hydrogens is 354 g/mol. The van der Waals surface area contributed by atoms with Gasteiger partial charge in [-0.1, -0.05) is 24.3 Å². The van der Waals surface area contributed by atoms with Crippen LogP contribution in [0.1, 0.15) is 16.8 Å². The Hall–Kier alpha value is -2.73. The predicted octanol–water partition coefficient (Wildman–Crippen LogP) is 2.10. The topological polar surface area (TPSA) is 84.7 Å². The molecule has 0 spiro atoms. The lowest BCUT2D eigenvalue weighted by Gasteiger charge is -2.17. The van der Waals surface area contributed by atoms with E-state index in [0.717, 1.165) is 5.75 Å². The fourth-order valence-corrected chi connectivity index (χ4v) is 2.82. The maximum Gasteiger partial charge on any atom is 0.251 e. The van der Waals surface area contributed by atoms with Crippen molar-refractivity contribution in [3.63, 3.8) is 0 Å². The Morgan fingerprint density at radius 2 is 1.96 bits per heavy atom. The number of nitrogens with zero attached hydrogens (tertiary/aromatic N) is 1. The van der Waals surface area contributed by atoms with Crippen molar-refractivity contribution in [2.24, 2.45) is 0 Å². The van der Waals surface area contributed by atoms with Crippen LogP contribution < -0.4 is 15.8 Å². The quantitative estimate of drug-likeness (QED) is 0.757. The molecule has 1 heterocycles. The summed E-state index contributed by atoms with van der Waals surface area (Å²) < 4.78 is 5.62. The fraction of sp³-hybridized carbons (Fsp3) is 0.263. The molecule has 1 saturated heterocycles. The van der Waals surface area contributed by atoms with Crippen LogP contribution in [0.25, 0.3) is 0 Å². The molecule has 26 heavy (non-hydrogen) atoms. The Bertz CT molecular complexity index is 755. The first kappa shape index (κ1) is 19.6. The number of carbonyl (C=O) groups excluding carboxylic acids is 2. The van der Waals surface area contributed by atoms with E-state index >= 15 is 0 Å². The minimum absolute atomic E-state index is 0. The molecule has 3 rings (SSSR count). The number of amides is 2. The summed E-state index contributed by atoms with van der Waals surface area (Å²) in [7, 11) is 0. The van der Waals surface area contributed by atoms with Crippen LogP contribution in [0.5, 0.6) is 5.75 Å². The largest absolute Gasteiger partial charge is 0.492 e. The van der Waals surface area contributed by atoms with Crippen molar-refractivity contribution >= 4 is 29.9 Å². The van der Waals surface area contributed by atoms with E-state index in [1.807, 2.05) is 30.3 Å². The molecule has 1 aliphatic rings. The van der Waals surface area contributed by atoms with Crippen molar-refractivity contribution in [2.75, 3.05) is 25.4 Å². The van der Waals surface area contributed by atoms with Gasteiger partial charge in [0.05, 0.1) is 12.6 Å². The molecule has 2 aromatic rings. The highest BCUT2D eigenvalue weighted by Gasteiger charge is 2.30. The molecule has 0 bridgehead atoms. The van der Waals surface area contributed by atoms with Gasteiger partial charge in [-0.05, 0) is 30.3 Å². The Labute approximate surface area is 158 Å². The van der Waals surface area contributed by atoms with Gasteiger partial charge in [0.25, 0.3) is 5.91 Å². The third-order valence-electron chi connectivity index (χ3n) is 4.07. The van der Waals surface area contributed by atoms with Gasteiger partial charge in [-0.3, -0.25) is 9.59 Å². The first-order valence-corrected chi connectivity index (χ1v) is 8.24. The Kier molecular flexibility index (Phi) is 6.86. The number of ether oxygens (including phenoxy) is 1. The normalized spacial score (nSPS) is 16.1. The lowest BCUT2D eigenvalue weighted by Crippen LogP contribution is -2.38. The zero-order chi connectivity index (χ0) is 17.6. The molecule has 0 aliphatic carbocycles. The number of hydrogen-bond acceptors (Lipinski definition) is 4. The summed E-state index contributed by atoms with van der Waals surface area (Å²) in [6.45, 7) is 1.41. The van der Waals surface area contributed by atoms with E-state index in [1.54, 1.807) is 29.2 Å². The fourth-order valence-electron chi connectivity index (χ4n) is 2.82. The van der Waals surface area contributed by atoms with E-state index in [1.165, 1.54) is 0 Å². The number of para-hydroxylation sites is 1. The van der Waals surface area contributed by atoms with Crippen LogP contribution in [0.4, 0.5) is 5.69 Å². The molecule has 7 heteroatoms. The molecule has 0 aromatic heterocycles. The number of nitrogen functional groups attached to an aromatic ring is 1. The van der Waals surface area contributed by atoms with Crippen molar-refractivity contribution in [3.8, 4) is 5.75 Å². The van der Waals surface area contributed by atoms with E-state index in [-0.39, 0.29) is 30.3 Å². The Morgan fingerprint density at radius 1 is 1.19 bits per heavy atom. The van der Waals surface area contributed by atoms with Gasteiger partial charge in [-0.25, -0.2) is 0 Å². The van der Waals surface area contributed by atoms with Crippen molar-refractivity contribution in [1.29, 1.82) is 0 Å². The summed E-state index contributed by atoms with van der Waals surface area (Å²) in [5.74, 6) is 0.586. The smallest absolute Gasteiger partial charge is 0.251 e. The second-order valence-electron chi connectivity index (χ2n) is 6.00. The van der Waals surface area contributed by atoms with Gasteiger partial charge in [0.2, 0.25) is 5.91 Å². The minimum Gasteiger partial charge on any atom is -0.492 e. The minimum atomic E-state index is -0.215. The summed E-state index contributed by atoms with van der Waals surface area (Å²) in [4.78, 5) is 26.1. The summed E-state index contributed by atoms with van der Waals surface area (Å²) in [5, 5.41) is 2.89. The average Bonchev–Trinajstić information content (AvgIpc) is 2.95. The molecule has 0 saturated carbocycles. The number of carbonyl (C=O) groups is 2. The molecule has 2 amide bonds. The molecule has 138 valence electrons. The second kappa shape index (κ2) is 9.10. The molecule has 3 N–H and O–H groups in total. The molecule has 6 nitrogen and oxygen atoms in total. The number of nitrogens with two attached hydrogens (primary N) is 1.